The van der Waals surface area contributed by atoms with Crippen LogP contribution in [0.25, 0.3) is 11.2 Å². The fraction of sp³-hybridized carbons (Fsp3) is 0.750. The number of rotatable bonds is 16. The summed E-state index contributed by atoms with van der Waals surface area (Å²) in [5, 5.41) is 32.8. The van der Waals surface area contributed by atoms with Crippen LogP contribution in [0, 0.1) is 0 Å². The number of aliphatic hydroxyl groups is 3. The van der Waals surface area contributed by atoms with Gasteiger partial charge in [-0.1, -0.05) is 0 Å². The van der Waals surface area contributed by atoms with E-state index in [0.717, 1.165) is 12.8 Å². The van der Waals surface area contributed by atoms with Crippen molar-refractivity contribution in [3.63, 3.8) is 0 Å². The molecule has 4 atom stereocenters. The standard InChI is InChI=1S/C20H34N6O7/c21-3-1-5-30-7-9-32-10-8-31-6-2-4-22-18-15-19(24-12-23-18)26(13-25-15)20-17(29)16(28)14(11-27)33-20/h12-14,16-17,20,27-29H,1-11,21H2,(H,22,23,24)/t14-,16?,17?,20-/m1/s1. The maximum absolute atomic E-state index is 10.3. The van der Waals surface area contributed by atoms with Crippen molar-refractivity contribution < 1.29 is 34.3 Å². The summed E-state index contributed by atoms with van der Waals surface area (Å²) in [5.74, 6) is 0.545. The van der Waals surface area contributed by atoms with Crippen LogP contribution in [0.15, 0.2) is 12.7 Å². The van der Waals surface area contributed by atoms with Crippen molar-refractivity contribution in [2.24, 2.45) is 5.73 Å². The summed E-state index contributed by atoms with van der Waals surface area (Å²) in [7, 11) is 0. The molecule has 2 aromatic rings. The van der Waals surface area contributed by atoms with Crippen LogP contribution in [-0.4, -0.2) is 112 Å². The Bertz CT molecular complexity index is 825. The summed E-state index contributed by atoms with van der Waals surface area (Å²) < 4.78 is 23.4. The molecule has 33 heavy (non-hydrogen) atoms. The molecule has 1 aliphatic rings. The zero-order valence-electron chi connectivity index (χ0n) is 18.6. The van der Waals surface area contributed by atoms with Crippen LogP contribution in [0.2, 0.25) is 0 Å². The van der Waals surface area contributed by atoms with Crippen LogP contribution < -0.4 is 11.1 Å². The summed E-state index contributed by atoms with van der Waals surface area (Å²) >= 11 is 0. The third-order valence-electron chi connectivity index (χ3n) is 5.14. The van der Waals surface area contributed by atoms with Gasteiger partial charge in [0.25, 0.3) is 0 Å². The van der Waals surface area contributed by atoms with Gasteiger partial charge in [0.1, 0.15) is 24.6 Å². The molecule has 186 valence electrons. The molecular weight excluding hydrogens is 436 g/mol. The molecule has 0 aromatic carbocycles. The van der Waals surface area contributed by atoms with E-state index in [1.807, 2.05) is 0 Å². The Kier molecular flexibility index (Phi) is 10.6. The third kappa shape index (κ3) is 7.01. The predicted octanol–water partition coefficient (Wildman–Crippen LogP) is -1.36. The van der Waals surface area contributed by atoms with Gasteiger partial charge in [0.05, 0.1) is 39.4 Å². The first-order chi connectivity index (χ1) is 16.2. The van der Waals surface area contributed by atoms with E-state index in [1.54, 1.807) is 0 Å². The lowest BCUT2D eigenvalue weighted by Gasteiger charge is -2.16. The molecule has 0 amide bonds. The monoisotopic (exact) mass is 470 g/mol. The lowest BCUT2D eigenvalue weighted by molar-refractivity contribution is -0.0511. The second-order valence-electron chi connectivity index (χ2n) is 7.53. The molecular formula is C20H34N6O7. The van der Waals surface area contributed by atoms with Gasteiger partial charge in [-0.05, 0) is 19.4 Å². The van der Waals surface area contributed by atoms with E-state index in [9.17, 15) is 15.3 Å². The van der Waals surface area contributed by atoms with Crippen molar-refractivity contribution in [2.75, 3.05) is 64.7 Å². The molecule has 1 fully saturated rings. The minimum Gasteiger partial charge on any atom is -0.394 e. The molecule has 0 bridgehead atoms. The lowest BCUT2D eigenvalue weighted by Crippen LogP contribution is -2.33. The summed E-state index contributed by atoms with van der Waals surface area (Å²) in [5.41, 5.74) is 6.35. The van der Waals surface area contributed by atoms with Crippen molar-refractivity contribution in [1.29, 1.82) is 0 Å². The van der Waals surface area contributed by atoms with E-state index in [1.165, 1.54) is 17.2 Å². The Morgan fingerprint density at radius 1 is 0.970 bits per heavy atom. The topological polar surface area (TPSA) is 179 Å². The first kappa shape index (κ1) is 25.6. The number of hydrogen-bond acceptors (Lipinski definition) is 12. The number of aliphatic hydroxyl groups excluding tert-OH is 3. The predicted molar refractivity (Wildman–Crippen MR) is 118 cm³/mol. The van der Waals surface area contributed by atoms with Gasteiger partial charge in [0, 0.05) is 19.8 Å². The minimum atomic E-state index is -1.21. The van der Waals surface area contributed by atoms with Crippen molar-refractivity contribution >= 4 is 17.0 Å². The molecule has 0 radical (unpaired) electrons. The molecule has 13 heteroatoms. The molecule has 0 spiro atoms. The van der Waals surface area contributed by atoms with Gasteiger partial charge in [0.15, 0.2) is 23.2 Å². The van der Waals surface area contributed by atoms with E-state index in [4.69, 9.17) is 24.7 Å². The third-order valence-corrected chi connectivity index (χ3v) is 5.14. The quantitative estimate of drug-likeness (QED) is 0.182. The Balaban J connectivity index is 1.36. The fourth-order valence-corrected chi connectivity index (χ4v) is 3.39. The molecule has 3 heterocycles. The molecule has 6 N–H and O–H groups in total. The number of imidazole rings is 1. The van der Waals surface area contributed by atoms with E-state index < -0.39 is 31.1 Å². The van der Waals surface area contributed by atoms with Crippen molar-refractivity contribution in [3.05, 3.63) is 12.7 Å². The van der Waals surface area contributed by atoms with Crippen LogP contribution in [0.3, 0.4) is 0 Å². The molecule has 1 aliphatic heterocycles. The van der Waals surface area contributed by atoms with Gasteiger partial charge in [-0.25, -0.2) is 15.0 Å². The summed E-state index contributed by atoms with van der Waals surface area (Å²) in [6, 6.07) is 0. The maximum atomic E-state index is 10.3. The fourth-order valence-electron chi connectivity index (χ4n) is 3.39. The number of fused-ring (bicyclic) bond motifs is 1. The highest BCUT2D eigenvalue weighted by Gasteiger charge is 2.44. The first-order valence-electron chi connectivity index (χ1n) is 11.1. The molecule has 0 saturated carbocycles. The van der Waals surface area contributed by atoms with Gasteiger partial charge < -0.3 is 45.3 Å². The van der Waals surface area contributed by atoms with Crippen molar-refractivity contribution in [3.8, 4) is 0 Å². The lowest BCUT2D eigenvalue weighted by atomic mass is 10.1. The summed E-state index contributed by atoms with van der Waals surface area (Å²) in [6.45, 7) is 4.18. The Morgan fingerprint density at radius 3 is 2.33 bits per heavy atom. The highest BCUT2D eigenvalue weighted by Crippen LogP contribution is 2.32. The number of nitrogens with two attached hydrogens (primary N) is 1. The molecule has 13 nitrogen and oxygen atoms in total. The zero-order valence-corrected chi connectivity index (χ0v) is 18.6. The number of aromatic nitrogens is 4. The van der Waals surface area contributed by atoms with Gasteiger partial charge in [-0.15, -0.1) is 0 Å². The number of nitrogens with one attached hydrogen (secondary N) is 1. The Labute approximate surface area is 191 Å². The van der Waals surface area contributed by atoms with Crippen LogP contribution in [0.1, 0.15) is 19.1 Å². The normalized spacial score (nSPS) is 22.9. The molecule has 1 saturated heterocycles. The SMILES string of the molecule is NCCCOCCOCCOCCCNc1ncnc2c1ncn2[C@@H]1O[C@H](CO)C(O)C1O. The van der Waals surface area contributed by atoms with Crippen molar-refractivity contribution in [2.45, 2.75) is 37.4 Å². The van der Waals surface area contributed by atoms with E-state index >= 15 is 0 Å². The highest BCUT2D eigenvalue weighted by molar-refractivity contribution is 5.82. The highest BCUT2D eigenvalue weighted by atomic mass is 16.6. The zero-order chi connectivity index (χ0) is 23.5. The summed E-state index contributed by atoms with van der Waals surface area (Å²) in [4.78, 5) is 12.8. The van der Waals surface area contributed by atoms with Crippen LogP contribution in [0.4, 0.5) is 5.82 Å². The van der Waals surface area contributed by atoms with Crippen LogP contribution >= 0.6 is 0 Å². The minimum absolute atomic E-state index is 0.402. The Hall–Kier alpha value is -1.97. The van der Waals surface area contributed by atoms with Gasteiger partial charge in [0.2, 0.25) is 0 Å². The van der Waals surface area contributed by atoms with Gasteiger partial charge in [-0.3, -0.25) is 4.57 Å². The van der Waals surface area contributed by atoms with Crippen LogP contribution in [0.5, 0.6) is 0 Å². The largest absolute Gasteiger partial charge is 0.394 e. The number of anilines is 1. The summed E-state index contributed by atoms with van der Waals surface area (Å²) in [6.07, 6.45) is 0.276. The smallest absolute Gasteiger partial charge is 0.167 e. The van der Waals surface area contributed by atoms with Crippen molar-refractivity contribution in [1.82, 2.24) is 19.5 Å². The van der Waals surface area contributed by atoms with Crippen LogP contribution in [-0.2, 0) is 18.9 Å². The molecule has 2 aromatic heterocycles. The number of hydrogen-bond donors (Lipinski definition) is 5. The second kappa shape index (κ2) is 13.7. The average Bonchev–Trinajstić information content (AvgIpc) is 3.38. The van der Waals surface area contributed by atoms with E-state index in [2.05, 4.69) is 20.3 Å². The van der Waals surface area contributed by atoms with Gasteiger partial charge in [-0.2, -0.15) is 0 Å². The van der Waals surface area contributed by atoms with E-state index in [0.29, 0.717) is 69.7 Å². The molecule has 0 aliphatic carbocycles. The average molecular weight is 471 g/mol. The van der Waals surface area contributed by atoms with E-state index in [-0.39, 0.29) is 0 Å². The van der Waals surface area contributed by atoms with Gasteiger partial charge >= 0.3 is 0 Å². The Morgan fingerprint density at radius 2 is 1.67 bits per heavy atom. The maximum Gasteiger partial charge on any atom is 0.167 e. The molecule has 2 unspecified atom stereocenters. The first-order valence-corrected chi connectivity index (χ1v) is 11.1. The molecule has 3 rings (SSSR count). The second-order valence-corrected chi connectivity index (χ2v) is 7.53. The number of nitrogens with zero attached hydrogens (tertiary/aromatic N) is 4. The number of ether oxygens (including phenoxy) is 4.